The number of benzene rings is 10. The molecule has 13 rings (SSSR count). The van der Waals surface area contributed by atoms with E-state index in [1.54, 1.807) is 0 Å². The molecule has 3 heterocycles. The number of anilines is 3. The van der Waals surface area contributed by atoms with Gasteiger partial charge >= 0.3 is 0 Å². The minimum Gasteiger partial charge on any atom is -0.456 e. The fraction of sp³-hybridized carbons (Fsp3) is 0. The van der Waals surface area contributed by atoms with Crippen LogP contribution in [-0.4, -0.2) is 0 Å². The van der Waals surface area contributed by atoms with Crippen LogP contribution in [0.3, 0.4) is 0 Å². The van der Waals surface area contributed by atoms with Crippen molar-refractivity contribution in [3.63, 3.8) is 0 Å². The van der Waals surface area contributed by atoms with E-state index in [4.69, 9.17) is 13.3 Å². The van der Waals surface area contributed by atoms with Gasteiger partial charge in [0.15, 0.2) is 0 Å². The molecule has 0 saturated heterocycles. The molecule has 0 amide bonds. The van der Waals surface area contributed by atoms with Crippen LogP contribution in [0.5, 0.6) is 0 Å². The highest BCUT2D eigenvalue weighted by Gasteiger charge is 2.23. The number of hydrogen-bond acceptors (Lipinski definition) is 4. The average Bonchev–Trinajstić information content (AvgIpc) is 4.03. The fourth-order valence-corrected chi connectivity index (χ4v) is 9.51. The average molecular weight is 794 g/mol. The largest absolute Gasteiger partial charge is 0.456 e. The summed E-state index contributed by atoms with van der Waals surface area (Å²) < 4.78 is 20.0. The third-order valence-corrected chi connectivity index (χ3v) is 12.5. The monoisotopic (exact) mass is 793 g/mol. The Morgan fingerprint density at radius 3 is 1.69 bits per heavy atom. The number of hydrogen-bond donors (Lipinski definition) is 0. The van der Waals surface area contributed by atoms with E-state index in [9.17, 15) is 0 Å². The molecular formula is C58H35NO3. The highest BCUT2D eigenvalue weighted by molar-refractivity contribution is 6.24. The van der Waals surface area contributed by atoms with Crippen LogP contribution in [0.1, 0.15) is 0 Å². The van der Waals surface area contributed by atoms with E-state index in [2.05, 4.69) is 193 Å². The fourth-order valence-electron chi connectivity index (χ4n) is 9.51. The minimum atomic E-state index is 0.816. The standard InChI is InChI=1S/C58H35NO3/c1-2-11-36(12-3-1)38-23-27-42(28-24-38)59(43-29-25-39(26-30-43)45-17-10-18-47-46-15-6-8-19-51(46)61-57(45)47)44-31-32-53-49(34-44)50-35-54-56(48-16-7-9-20-52(48)60-54)55(58(50)62-53)41-22-21-37-13-4-5-14-40(37)33-41/h1-35H. The molecule has 0 spiro atoms. The van der Waals surface area contributed by atoms with Crippen LogP contribution < -0.4 is 4.90 Å². The van der Waals surface area contributed by atoms with Gasteiger partial charge in [-0.1, -0.05) is 146 Å². The quantitative estimate of drug-likeness (QED) is 0.168. The van der Waals surface area contributed by atoms with E-state index in [0.717, 1.165) is 111 Å². The Morgan fingerprint density at radius 2 is 0.887 bits per heavy atom. The molecule has 0 saturated carbocycles. The molecule has 0 unspecified atom stereocenters. The molecule has 4 nitrogen and oxygen atoms in total. The zero-order valence-electron chi connectivity index (χ0n) is 33.4. The molecule has 62 heavy (non-hydrogen) atoms. The maximum atomic E-state index is 6.94. The van der Waals surface area contributed by atoms with E-state index >= 15 is 0 Å². The van der Waals surface area contributed by atoms with Gasteiger partial charge in [-0.05, 0) is 99.8 Å². The second-order valence-corrected chi connectivity index (χ2v) is 16.0. The molecular weight excluding hydrogens is 759 g/mol. The number of fused-ring (bicyclic) bond motifs is 10. The number of furan rings is 3. The van der Waals surface area contributed by atoms with Gasteiger partial charge in [0.2, 0.25) is 0 Å². The lowest BCUT2D eigenvalue weighted by Crippen LogP contribution is -2.09. The van der Waals surface area contributed by atoms with Crippen molar-refractivity contribution in [1.82, 2.24) is 0 Å². The zero-order chi connectivity index (χ0) is 40.7. The SMILES string of the molecule is c1ccc(-c2ccc(N(c3ccc(-c4cccc5c4oc4ccccc45)cc3)c3ccc4oc5c(-c6ccc7ccccc7c6)c6c(cc5c4c3)oc3ccccc36)cc2)cc1. The first-order valence-corrected chi connectivity index (χ1v) is 21.0. The van der Waals surface area contributed by atoms with Crippen molar-refractivity contribution < 1.29 is 13.3 Å². The van der Waals surface area contributed by atoms with Gasteiger partial charge in [-0.2, -0.15) is 0 Å². The van der Waals surface area contributed by atoms with Crippen molar-refractivity contribution in [3.8, 4) is 33.4 Å². The molecule has 3 aromatic heterocycles. The Bertz CT molecular complexity index is 3850. The molecule has 0 aliphatic heterocycles. The van der Waals surface area contributed by atoms with Gasteiger partial charge in [0.25, 0.3) is 0 Å². The van der Waals surface area contributed by atoms with Crippen molar-refractivity contribution in [2.24, 2.45) is 0 Å². The lowest BCUT2D eigenvalue weighted by molar-refractivity contribution is 0.664. The summed E-state index contributed by atoms with van der Waals surface area (Å²) in [4.78, 5) is 2.32. The van der Waals surface area contributed by atoms with Gasteiger partial charge < -0.3 is 18.2 Å². The van der Waals surface area contributed by atoms with E-state index in [1.807, 2.05) is 24.3 Å². The van der Waals surface area contributed by atoms with Crippen molar-refractivity contribution in [3.05, 3.63) is 212 Å². The third kappa shape index (κ3) is 5.40. The van der Waals surface area contributed by atoms with E-state index in [-0.39, 0.29) is 0 Å². The minimum absolute atomic E-state index is 0.816. The van der Waals surface area contributed by atoms with Crippen LogP contribution in [0.4, 0.5) is 17.1 Å². The Balaban J connectivity index is 0.997. The van der Waals surface area contributed by atoms with Crippen LogP contribution in [0.25, 0.3) is 110 Å². The van der Waals surface area contributed by atoms with E-state index in [0.29, 0.717) is 0 Å². The predicted octanol–water partition coefficient (Wildman–Crippen LogP) is 17.0. The van der Waals surface area contributed by atoms with Gasteiger partial charge in [-0.15, -0.1) is 0 Å². The summed E-state index contributed by atoms with van der Waals surface area (Å²) in [5.41, 5.74) is 14.8. The summed E-state index contributed by atoms with van der Waals surface area (Å²) in [6.07, 6.45) is 0. The van der Waals surface area contributed by atoms with Gasteiger partial charge in [0, 0.05) is 60.5 Å². The van der Waals surface area contributed by atoms with Gasteiger partial charge in [0.05, 0.1) is 0 Å². The van der Waals surface area contributed by atoms with Crippen molar-refractivity contribution in [1.29, 1.82) is 0 Å². The summed E-state index contributed by atoms with van der Waals surface area (Å²) in [5.74, 6) is 0. The zero-order valence-corrected chi connectivity index (χ0v) is 33.4. The Labute approximate surface area is 356 Å². The van der Waals surface area contributed by atoms with Crippen molar-refractivity contribution in [2.75, 3.05) is 4.90 Å². The summed E-state index contributed by atoms with van der Waals surface area (Å²) >= 11 is 0. The van der Waals surface area contributed by atoms with E-state index < -0.39 is 0 Å². The van der Waals surface area contributed by atoms with Crippen molar-refractivity contribution in [2.45, 2.75) is 0 Å². The Kier molecular flexibility index (Phi) is 7.57. The lowest BCUT2D eigenvalue weighted by atomic mass is 9.95. The van der Waals surface area contributed by atoms with Gasteiger partial charge in [0.1, 0.15) is 33.5 Å². The number of nitrogens with zero attached hydrogens (tertiary/aromatic N) is 1. The van der Waals surface area contributed by atoms with Crippen LogP contribution >= 0.6 is 0 Å². The highest BCUT2D eigenvalue weighted by atomic mass is 16.3. The van der Waals surface area contributed by atoms with Crippen LogP contribution in [0.2, 0.25) is 0 Å². The van der Waals surface area contributed by atoms with Gasteiger partial charge in [-0.25, -0.2) is 0 Å². The smallest absolute Gasteiger partial charge is 0.144 e. The second kappa shape index (κ2) is 13.6. The maximum Gasteiger partial charge on any atom is 0.144 e. The molecule has 0 fully saturated rings. The molecule has 4 heteroatoms. The van der Waals surface area contributed by atoms with E-state index in [1.165, 1.54) is 16.3 Å². The van der Waals surface area contributed by atoms with Crippen LogP contribution in [0, 0.1) is 0 Å². The maximum absolute atomic E-state index is 6.94. The number of para-hydroxylation sites is 3. The molecule has 290 valence electrons. The first kappa shape index (κ1) is 34.5. The Hall–Kier alpha value is -8.34. The summed E-state index contributed by atoms with van der Waals surface area (Å²) in [6.45, 7) is 0. The summed E-state index contributed by atoms with van der Waals surface area (Å²) in [5, 5.41) is 8.76. The second-order valence-electron chi connectivity index (χ2n) is 16.0. The molecule has 0 atom stereocenters. The summed E-state index contributed by atoms with van der Waals surface area (Å²) in [7, 11) is 0. The molecule has 0 aliphatic carbocycles. The molecule has 0 bridgehead atoms. The predicted molar refractivity (Wildman–Crippen MR) is 257 cm³/mol. The Morgan fingerprint density at radius 1 is 0.290 bits per heavy atom. The molecule has 13 aromatic rings. The number of rotatable bonds is 6. The first-order chi connectivity index (χ1) is 30.7. The molecule has 0 aliphatic rings. The third-order valence-electron chi connectivity index (χ3n) is 12.5. The van der Waals surface area contributed by atoms with Gasteiger partial charge in [-0.3, -0.25) is 0 Å². The normalized spacial score (nSPS) is 11.9. The summed E-state index contributed by atoms with van der Waals surface area (Å²) in [6, 6.07) is 74.9. The lowest BCUT2D eigenvalue weighted by Gasteiger charge is -2.26. The van der Waals surface area contributed by atoms with Crippen LogP contribution in [0.15, 0.2) is 226 Å². The highest BCUT2D eigenvalue weighted by Crippen LogP contribution is 2.47. The molecule has 0 radical (unpaired) electrons. The molecule has 10 aromatic carbocycles. The van der Waals surface area contributed by atoms with Crippen LogP contribution in [-0.2, 0) is 0 Å². The topological polar surface area (TPSA) is 42.7 Å². The first-order valence-electron chi connectivity index (χ1n) is 21.0. The van der Waals surface area contributed by atoms with Crippen molar-refractivity contribution >= 4 is 93.7 Å². The molecule has 0 N–H and O–H groups in total.